The van der Waals surface area contributed by atoms with Crippen molar-refractivity contribution in [3.8, 4) is 17.1 Å². The van der Waals surface area contributed by atoms with E-state index in [2.05, 4.69) is 9.97 Å². The number of methoxy groups -OCH3 is 1. The van der Waals surface area contributed by atoms with Crippen molar-refractivity contribution >= 4 is 0 Å². The molecule has 1 unspecified atom stereocenters. The molecule has 2 aromatic rings. The number of benzene rings is 1. The van der Waals surface area contributed by atoms with Crippen molar-refractivity contribution in [2.45, 2.75) is 19.4 Å². The summed E-state index contributed by atoms with van der Waals surface area (Å²) < 4.78 is 18.1. The maximum Gasteiger partial charge on any atom is 0.216 e. The minimum atomic E-state index is -0.277. The van der Waals surface area contributed by atoms with Crippen LogP contribution in [0.3, 0.4) is 0 Å². The zero-order chi connectivity index (χ0) is 13.8. The maximum absolute atomic E-state index is 12.9. The molecule has 0 saturated carbocycles. The summed E-state index contributed by atoms with van der Waals surface area (Å²) in [7, 11) is 1.55. The van der Waals surface area contributed by atoms with Gasteiger partial charge in [0.1, 0.15) is 11.6 Å². The molecule has 5 heteroatoms. The van der Waals surface area contributed by atoms with E-state index in [4.69, 9.17) is 10.5 Å². The van der Waals surface area contributed by atoms with Gasteiger partial charge in [-0.2, -0.15) is 4.98 Å². The Labute approximate surface area is 111 Å². The monoisotopic (exact) mass is 261 g/mol. The molecule has 100 valence electrons. The first-order valence-corrected chi connectivity index (χ1v) is 6.02. The van der Waals surface area contributed by atoms with Crippen LogP contribution >= 0.6 is 0 Å². The Morgan fingerprint density at radius 1 is 1.26 bits per heavy atom. The Morgan fingerprint density at radius 2 is 1.95 bits per heavy atom. The van der Waals surface area contributed by atoms with Gasteiger partial charge in [0, 0.05) is 24.1 Å². The summed E-state index contributed by atoms with van der Waals surface area (Å²) in [6, 6.07) is 7.83. The van der Waals surface area contributed by atoms with Crippen LogP contribution in [0, 0.1) is 5.82 Å². The van der Waals surface area contributed by atoms with Crippen LogP contribution in [0.2, 0.25) is 0 Å². The smallest absolute Gasteiger partial charge is 0.216 e. The summed E-state index contributed by atoms with van der Waals surface area (Å²) in [6.45, 7) is 1.89. The van der Waals surface area contributed by atoms with Gasteiger partial charge in [0.2, 0.25) is 5.88 Å². The lowest BCUT2D eigenvalue weighted by Crippen LogP contribution is -2.19. The molecule has 4 nitrogen and oxygen atoms in total. The highest BCUT2D eigenvalue weighted by Crippen LogP contribution is 2.21. The second-order valence-electron chi connectivity index (χ2n) is 4.40. The third-order valence-electron chi connectivity index (χ3n) is 2.60. The molecule has 19 heavy (non-hydrogen) atoms. The third-order valence-corrected chi connectivity index (χ3v) is 2.60. The number of halogens is 1. The highest BCUT2D eigenvalue weighted by molar-refractivity contribution is 5.59. The lowest BCUT2D eigenvalue weighted by molar-refractivity contribution is 0.394. The van der Waals surface area contributed by atoms with Crippen LogP contribution in [0.15, 0.2) is 30.3 Å². The molecule has 2 rings (SSSR count). The number of nitrogens with zero attached hydrogens (tertiary/aromatic N) is 2. The van der Waals surface area contributed by atoms with Crippen molar-refractivity contribution in [1.29, 1.82) is 0 Å². The summed E-state index contributed by atoms with van der Waals surface area (Å²) in [5.74, 6) is 0.819. The Bertz CT molecular complexity index is 555. The second-order valence-corrected chi connectivity index (χ2v) is 4.40. The van der Waals surface area contributed by atoms with E-state index in [-0.39, 0.29) is 11.9 Å². The molecule has 1 aromatic carbocycles. The van der Waals surface area contributed by atoms with Crippen LogP contribution in [0.4, 0.5) is 4.39 Å². The van der Waals surface area contributed by atoms with Gasteiger partial charge in [0.25, 0.3) is 0 Å². The Kier molecular flexibility index (Phi) is 4.06. The molecular weight excluding hydrogens is 245 g/mol. The zero-order valence-corrected chi connectivity index (χ0v) is 10.9. The number of hydrogen-bond donors (Lipinski definition) is 1. The van der Waals surface area contributed by atoms with Gasteiger partial charge in [-0.3, -0.25) is 0 Å². The molecule has 0 radical (unpaired) electrons. The highest BCUT2D eigenvalue weighted by Gasteiger charge is 2.09. The normalized spacial score (nSPS) is 12.2. The molecule has 0 spiro atoms. The van der Waals surface area contributed by atoms with E-state index in [1.54, 1.807) is 25.3 Å². The maximum atomic E-state index is 12.9. The first-order chi connectivity index (χ1) is 9.08. The summed E-state index contributed by atoms with van der Waals surface area (Å²) in [4.78, 5) is 8.68. The predicted octanol–water partition coefficient (Wildman–Crippen LogP) is 2.18. The van der Waals surface area contributed by atoms with E-state index in [0.29, 0.717) is 23.8 Å². The molecule has 0 aliphatic heterocycles. The Morgan fingerprint density at radius 3 is 2.53 bits per heavy atom. The molecule has 0 saturated heterocycles. The number of aromatic nitrogens is 2. The van der Waals surface area contributed by atoms with Gasteiger partial charge in [0.05, 0.1) is 12.8 Å². The van der Waals surface area contributed by atoms with Gasteiger partial charge in [0.15, 0.2) is 0 Å². The fourth-order valence-electron chi connectivity index (χ4n) is 1.73. The molecule has 0 aliphatic carbocycles. The van der Waals surface area contributed by atoms with E-state index in [1.807, 2.05) is 6.92 Å². The van der Waals surface area contributed by atoms with Gasteiger partial charge < -0.3 is 10.5 Å². The summed E-state index contributed by atoms with van der Waals surface area (Å²) in [6.07, 6.45) is 0.561. The highest BCUT2D eigenvalue weighted by atomic mass is 19.1. The Hall–Kier alpha value is -2.01. The Balaban J connectivity index is 2.41. The van der Waals surface area contributed by atoms with Gasteiger partial charge >= 0.3 is 0 Å². The van der Waals surface area contributed by atoms with Crippen LogP contribution < -0.4 is 10.5 Å². The van der Waals surface area contributed by atoms with Crippen LogP contribution in [0.1, 0.15) is 12.7 Å². The van der Waals surface area contributed by atoms with Gasteiger partial charge in [-0.05, 0) is 31.2 Å². The minimum Gasteiger partial charge on any atom is -0.481 e. The molecule has 1 heterocycles. The second kappa shape index (κ2) is 5.75. The quantitative estimate of drug-likeness (QED) is 0.916. The van der Waals surface area contributed by atoms with Crippen molar-refractivity contribution in [2.24, 2.45) is 5.73 Å². The summed E-state index contributed by atoms with van der Waals surface area (Å²) in [5, 5.41) is 0. The lowest BCUT2D eigenvalue weighted by atomic mass is 10.1. The van der Waals surface area contributed by atoms with Crippen molar-refractivity contribution in [3.05, 3.63) is 42.0 Å². The standard InChI is InChI=1S/C14H16FN3O/c1-9(16)7-13-17-12(8-14(18-13)19-2)10-3-5-11(15)6-4-10/h3-6,8-9H,7,16H2,1-2H3. The topological polar surface area (TPSA) is 61.0 Å². The van der Waals surface area contributed by atoms with E-state index < -0.39 is 0 Å². The molecule has 0 amide bonds. The lowest BCUT2D eigenvalue weighted by Gasteiger charge is -2.09. The SMILES string of the molecule is COc1cc(-c2ccc(F)cc2)nc(CC(C)N)n1. The molecule has 2 N–H and O–H groups in total. The van der Waals surface area contributed by atoms with E-state index in [0.717, 1.165) is 5.56 Å². The summed E-state index contributed by atoms with van der Waals surface area (Å²) >= 11 is 0. The molecule has 1 atom stereocenters. The van der Waals surface area contributed by atoms with Crippen molar-refractivity contribution < 1.29 is 9.13 Å². The number of hydrogen-bond acceptors (Lipinski definition) is 4. The molecule has 1 aromatic heterocycles. The third kappa shape index (κ3) is 3.48. The van der Waals surface area contributed by atoms with Crippen LogP contribution in [-0.2, 0) is 6.42 Å². The zero-order valence-electron chi connectivity index (χ0n) is 10.9. The van der Waals surface area contributed by atoms with E-state index >= 15 is 0 Å². The molecule has 0 aliphatic rings. The van der Waals surface area contributed by atoms with E-state index in [1.165, 1.54) is 12.1 Å². The fraction of sp³-hybridized carbons (Fsp3) is 0.286. The van der Waals surface area contributed by atoms with Gasteiger partial charge in [-0.25, -0.2) is 9.37 Å². The van der Waals surface area contributed by atoms with Crippen molar-refractivity contribution in [3.63, 3.8) is 0 Å². The van der Waals surface area contributed by atoms with Gasteiger partial charge in [-0.1, -0.05) is 0 Å². The van der Waals surface area contributed by atoms with Crippen molar-refractivity contribution in [2.75, 3.05) is 7.11 Å². The average molecular weight is 261 g/mol. The average Bonchev–Trinajstić information content (AvgIpc) is 2.38. The first kappa shape index (κ1) is 13.4. The molecular formula is C14H16FN3O. The summed E-state index contributed by atoms with van der Waals surface area (Å²) in [5.41, 5.74) is 7.26. The predicted molar refractivity (Wildman–Crippen MR) is 71.3 cm³/mol. The molecule has 0 fully saturated rings. The van der Waals surface area contributed by atoms with Crippen molar-refractivity contribution in [1.82, 2.24) is 9.97 Å². The van der Waals surface area contributed by atoms with E-state index in [9.17, 15) is 4.39 Å². The number of rotatable bonds is 4. The van der Waals surface area contributed by atoms with Gasteiger partial charge in [-0.15, -0.1) is 0 Å². The van der Waals surface area contributed by atoms with Crippen LogP contribution in [-0.4, -0.2) is 23.1 Å². The largest absolute Gasteiger partial charge is 0.481 e. The minimum absolute atomic E-state index is 0.0341. The molecule has 0 bridgehead atoms. The van der Waals surface area contributed by atoms with Crippen LogP contribution in [0.5, 0.6) is 5.88 Å². The first-order valence-electron chi connectivity index (χ1n) is 6.02. The number of ether oxygens (including phenoxy) is 1. The van der Waals surface area contributed by atoms with Crippen LogP contribution in [0.25, 0.3) is 11.3 Å². The number of nitrogens with two attached hydrogens (primary N) is 1. The fourth-order valence-corrected chi connectivity index (χ4v) is 1.73.